The predicted molar refractivity (Wildman–Crippen MR) is 170 cm³/mol. The van der Waals surface area contributed by atoms with Crippen molar-refractivity contribution < 1.29 is 39.2 Å². The maximum absolute atomic E-state index is 13.1. The van der Waals surface area contributed by atoms with E-state index >= 15 is 0 Å². The van der Waals surface area contributed by atoms with Gasteiger partial charge in [-0.05, 0) is 48.2 Å². The fourth-order valence-electron chi connectivity index (χ4n) is 5.56. The molecule has 4 rings (SSSR count). The van der Waals surface area contributed by atoms with Gasteiger partial charge in [0.15, 0.2) is 0 Å². The van der Waals surface area contributed by atoms with Crippen LogP contribution in [0.5, 0.6) is 0 Å². The number of rotatable bonds is 15. The van der Waals surface area contributed by atoms with Gasteiger partial charge in [-0.3, -0.25) is 29.8 Å². The predicted octanol–water partition coefficient (Wildman–Crippen LogP) is 5.38. The van der Waals surface area contributed by atoms with Crippen molar-refractivity contribution in [2.24, 2.45) is 0 Å². The first-order valence-corrected chi connectivity index (χ1v) is 16.9. The zero-order valence-corrected chi connectivity index (χ0v) is 26.4. The van der Waals surface area contributed by atoms with Crippen molar-refractivity contribution in [3.8, 4) is 0 Å². The van der Waals surface area contributed by atoms with Crippen LogP contribution in [0.4, 0.5) is 11.4 Å². The molecule has 2 fully saturated rings. The largest absolute Gasteiger partial charge is 0.480 e. The Bertz CT molecular complexity index is 1350. The van der Waals surface area contributed by atoms with Crippen molar-refractivity contribution in [1.82, 2.24) is 9.80 Å². The number of thioether (sulfide) groups is 2. The van der Waals surface area contributed by atoms with E-state index < -0.39 is 44.6 Å². The van der Waals surface area contributed by atoms with Crippen LogP contribution in [0.3, 0.4) is 0 Å². The van der Waals surface area contributed by atoms with E-state index in [9.17, 15) is 49.6 Å². The van der Waals surface area contributed by atoms with Crippen LogP contribution in [0.2, 0.25) is 0 Å². The van der Waals surface area contributed by atoms with Gasteiger partial charge < -0.3 is 20.0 Å². The highest BCUT2D eigenvalue weighted by Crippen LogP contribution is 2.43. The Morgan fingerprint density at radius 1 is 0.630 bits per heavy atom. The zero-order valence-electron chi connectivity index (χ0n) is 24.8. The van der Waals surface area contributed by atoms with Gasteiger partial charge in [0, 0.05) is 48.6 Å². The second-order valence-electron chi connectivity index (χ2n) is 11.0. The van der Waals surface area contributed by atoms with Gasteiger partial charge in [-0.2, -0.15) is 0 Å². The van der Waals surface area contributed by atoms with Gasteiger partial charge >= 0.3 is 11.9 Å². The lowest BCUT2D eigenvalue weighted by Gasteiger charge is -2.28. The van der Waals surface area contributed by atoms with Gasteiger partial charge in [0.1, 0.15) is 22.8 Å². The van der Waals surface area contributed by atoms with Gasteiger partial charge in [-0.15, -0.1) is 23.5 Å². The van der Waals surface area contributed by atoms with Gasteiger partial charge in [0.25, 0.3) is 11.4 Å². The van der Waals surface area contributed by atoms with Crippen molar-refractivity contribution in [1.29, 1.82) is 0 Å². The molecule has 0 spiro atoms. The van der Waals surface area contributed by atoms with E-state index in [4.69, 9.17) is 0 Å². The molecule has 2 N–H and O–H groups in total. The molecule has 0 aliphatic carbocycles. The Hall–Kier alpha value is -4.18. The van der Waals surface area contributed by atoms with Crippen molar-refractivity contribution >= 4 is 58.7 Å². The molecule has 4 atom stereocenters. The number of carbonyl (C=O) groups excluding carboxylic acids is 2. The van der Waals surface area contributed by atoms with Crippen LogP contribution in [0.25, 0.3) is 0 Å². The lowest BCUT2D eigenvalue weighted by molar-refractivity contribution is -0.385. The molecule has 2 amide bonds. The molecule has 2 heterocycles. The number of nitrogens with zero attached hydrogens (tertiary/aromatic N) is 4. The quantitative estimate of drug-likeness (QED) is 0.139. The number of aliphatic carboxylic acids is 2. The number of carbonyl (C=O) groups is 4. The van der Waals surface area contributed by atoms with Crippen molar-refractivity contribution in [2.75, 3.05) is 11.5 Å². The summed E-state index contributed by atoms with van der Waals surface area (Å²) in [5.74, 6) is -2.32. The van der Waals surface area contributed by atoms with E-state index in [0.29, 0.717) is 24.0 Å². The molecule has 46 heavy (non-hydrogen) atoms. The number of nitro groups is 2. The average Bonchev–Trinajstić information content (AvgIpc) is 3.68. The Morgan fingerprint density at radius 3 is 1.26 bits per heavy atom. The summed E-state index contributed by atoms with van der Waals surface area (Å²) in [5.41, 5.74) is 1.08. The van der Waals surface area contributed by atoms with Crippen LogP contribution in [0.1, 0.15) is 73.2 Å². The summed E-state index contributed by atoms with van der Waals surface area (Å²) >= 11 is 2.63. The van der Waals surface area contributed by atoms with E-state index in [2.05, 4.69) is 0 Å². The number of carboxylic acids is 2. The molecule has 246 valence electrons. The topological polar surface area (TPSA) is 201 Å². The van der Waals surface area contributed by atoms with Gasteiger partial charge in [0.2, 0.25) is 11.8 Å². The Balaban J connectivity index is 1.21. The summed E-state index contributed by atoms with van der Waals surface area (Å²) in [4.78, 5) is 73.6. The molecule has 2 saturated heterocycles. The van der Waals surface area contributed by atoms with E-state index in [-0.39, 0.29) is 47.5 Å². The highest BCUT2D eigenvalue weighted by Gasteiger charge is 2.43. The number of carboxylic acid groups (broad SMARTS) is 2. The second kappa shape index (κ2) is 15.9. The van der Waals surface area contributed by atoms with E-state index in [1.165, 1.54) is 57.6 Å². The summed E-state index contributed by atoms with van der Waals surface area (Å²) in [6, 6.07) is 9.58. The minimum absolute atomic E-state index is 0.0882. The number of hydrogen-bond acceptors (Lipinski definition) is 10. The molecule has 2 aliphatic heterocycles. The van der Waals surface area contributed by atoms with E-state index in [1.54, 1.807) is 24.3 Å². The van der Waals surface area contributed by atoms with Crippen LogP contribution in [0.15, 0.2) is 48.5 Å². The minimum atomic E-state index is -1.10. The molecule has 2 aliphatic rings. The summed E-state index contributed by atoms with van der Waals surface area (Å²) in [7, 11) is 0. The lowest BCUT2D eigenvalue weighted by atomic mass is 10.1. The molecule has 0 saturated carbocycles. The molecule has 0 bridgehead atoms. The average molecular weight is 675 g/mol. The van der Waals surface area contributed by atoms with Crippen molar-refractivity contribution in [2.45, 2.75) is 74.2 Å². The number of hydrogen-bond donors (Lipinski definition) is 2. The van der Waals surface area contributed by atoms with Crippen LogP contribution in [-0.2, 0) is 19.2 Å². The van der Waals surface area contributed by atoms with Gasteiger partial charge in [-0.1, -0.05) is 25.7 Å². The summed E-state index contributed by atoms with van der Waals surface area (Å²) < 4.78 is 0. The number of benzene rings is 2. The molecule has 2 unspecified atom stereocenters. The Labute approximate surface area is 272 Å². The zero-order chi connectivity index (χ0) is 33.4. The van der Waals surface area contributed by atoms with Gasteiger partial charge in [-0.25, -0.2) is 9.59 Å². The molecule has 2 aromatic rings. The third-order valence-corrected chi connectivity index (χ3v) is 10.6. The normalized spacial score (nSPS) is 20.9. The van der Waals surface area contributed by atoms with Crippen LogP contribution >= 0.6 is 23.5 Å². The first-order chi connectivity index (χ1) is 22.0. The summed E-state index contributed by atoms with van der Waals surface area (Å²) in [6.45, 7) is 0. The fourth-order valence-corrected chi connectivity index (χ4v) is 8.44. The van der Waals surface area contributed by atoms with Crippen LogP contribution in [0, 0.1) is 20.2 Å². The molecule has 0 radical (unpaired) electrons. The van der Waals surface area contributed by atoms with E-state index in [0.717, 1.165) is 25.7 Å². The fraction of sp³-hybridized carbons (Fsp3) is 0.467. The Morgan fingerprint density at radius 2 is 0.957 bits per heavy atom. The van der Waals surface area contributed by atoms with Crippen LogP contribution < -0.4 is 0 Å². The van der Waals surface area contributed by atoms with Gasteiger partial charge in [0.05, 0.1) is 9.85 Å². The summed E-state index contributed by atoms with van der Waals surface area (Å²) in [5, 5.41) is 40.3. The number of nitro benzene ring substituents is 2. The monoisotopic (exact) mass is 674 g/mol. The number of non-ortho nitro benzene ring substituents is 2. The molecule has 2 aromatic carbocycles. The molecular weight excluding hydrogens is 640 g/mol. The third kappa shape index (κ3) is 8.34. The van der Waals surface area contributed by atoms with Crippen molar-refractivity contribution in [3.05, 3.63) is 79.9 Å². The SMILES string of the molecule is O=C(O)[C@@H]1CSC(c2ccc([N+](=O)[O-])cc2)N1C(=O)CCCCCCCCC(=O)N1C(c2ccc([N+](=O)[O-])cc2)SC[C@H]1C(=O)O. The van der Waals surface area contributed by atoms with Crippen molar-refractivity contribution in [3.63, 3.8) is 0 Å². The standard InChI is InChI=1S/C30H34N4O10S2/c35-25(31-23(29(37)38)17-45-27(31)19-9-13-21(14-10-19)33(41)42)7-5-3-1-2-4-6-8-26(36)32-24(30(39)40)18-46-28(32)20-11-15-22(16-12-20)34(43)44/h9-16,23-24,27-28H,1-8,17-18H2,(H,37,38)(H,39,40)/t23-,24-,27?,28?/m0/s1. The number of unbranched alkanes of at least 4 members (excludes halogenated alkanes) is 5. The van der Waals surface area contributed by atoms with Crippen LogP contribution in [-0.4, -0.2) is 77.2 Å². The molecular formula is C30H34N4O10S2. The highest BCUT2D eigenvalue weighted by molar-refractivity contribution is 8.00. The first kappa shape index (κ1) is 34.7. The molecule has 14 nitrogen and oxygen atoms in total. The maximum Gasteiger partial charge on any atom is 0.327 e. The summed E-state index contributed by atoms with van der Waals surface area (Å²) in [6.07, 6.45) is 4.50. The van der Waals surface area contributed by atoms with E-state index in [1.807, 2.05) is 0 Å². The molecule has 0 aromatic heterocycles. The molecule has 16 heteroatoms. The first-order valence-electron chi connectivity index (χ1n) is 14.8. The smallest absolute Gasteiger partial charge is 0.327 e. The number of amides is 2. The third-order valence-electron chi connectivity index (χ3n) is 7.96. The maximum atomic E-state index is 13.1. The Kier molecular flexibility index (Phi) is 12.0. The minimum Gasteiger partial charge on any atom is -0.480 e. The lowest BCUT2D eigenvalue weighted by Crippen LogP contribution is -2.42. The second-order valence-corrected chi connectivity index (χ2v) is 13.2. The highest BCUT2D eigenvalue weighted by atomic mass is 32.2.